The van der Waals surface area contributed by atoms with E-state index in [0.717, 1.165) is 4.68 Å². The highest BCUT2D eigenvalue weighted by atomic mass is 16.6. The van der Waals surface area contributed by atoms with Crippen LogP contribution in [0.25, 0.3) is 16.6 Å². The molecule has 0 fully saturated rings. The van der Waals surface area contributed by atoms with E-state index in [4.69, 9.17) is 0 Å². The monoisotopic (exact) mass is 343 g/mol. The molecule has 25 heavy (non-hydrogen) atoms. The van der Waals surface area contributed by atoms with Gasteiger partial charge in [0, 0.05) is 18.7 Å². The first-order valence-corrected chi connectivity index (χ1v) is 7.33. The summed E-state index contributed by atoms with van der Waals surface area (Å²) in [6.45, 7) is 3.44. The lowest BCUT2D eigenvalue weighted by atomic mass is 10.2. The largest absolute Gasteiger partial charge is 0.476 e. The predicted octanol–water partition coefficient (Wildman–Crippen LogP) is 1.52. The summed E-state index contributed by atoms with van der Waals surface area (Å²) < 4.78 is 2.34. The van der Waals surface area contributed by atoms with Crippen LogP contribution in [0, 0.1) is 17.0 Å². The summed E-state index contributed by atoms with van der Waals surface area (Å²) in [5.41, 5.74) is -0.278. The number of aryl methyl sites for hydroxylation is 2. The zero-order valence-electron chi connectivity index (χ0n) is 13.3. The van der Waals surface area contributed by atoms with Crippen molar-refractivity contribution >= 4 is 22.6 Å². The van der Waals surface area contributed by atoms with Gasteiger partial charge in [0.25, 0.3) is 11.2 Å². The maximum absolute atomic E-state index is 12.4. The van der Waals surface area contributed by atoms with Crippen LogP contribution in [0.15, 0.2) is 29.1 Å². The Labute approximate surface area is 140 Å². The Bertz CT molecular complexity index is 1080. The van der Waals surface area contributed by atoms with Crippen LogP contribution in [0.5, 0.6) is 0 Å². The number of carbonyl (C=O) groups is 1. The molecule has 0 spiro atoms. The lowest BCUT2D eigenvalue weighted by Crippen LogP contribution is -2.25. The van der Waals surface area contributed by atoms with E-state index < -0.39 is 16.5 Å². The first kappa shape index (κ1) is 16.3. The molecule has 2 aromatic heterocycles. The third-order valence-electron chi connectivity index (χ3n) is 3.80. The lowest BCUT2D eigenvalue weighted by Gasteiger charge is -2.04. The number of rotatable bonds is 4. The quantitative estimate of drug-likeness (QED) is 0.560. The van der Waals surface area contributed by atoms with Crippen LogP contribution in [0.2, 0.25) is 0 Å². The molecular formula is C15H13N5O5. The molecule has 2 heterocycles. The zero-order chi connectivity index (χ0) is 18.3. The Morgan fingerprint density at radius 2 is 2.08 bits per heavy atom. The van der Waals surface area contributed by atoms with Gasteiger partial charge in [0.1, 0.15) is 0 Å². The second-order valence-electron chi connectivity index (χ2n) is 5.27. The maximum atomic E-state index is 12.4. The van der Waals surface area contributed by atoms with Gasteiger partial charge in [0.2, 0.25) is 0 Å². The highest BCUT2D eigenvalue weighted by Crippen LogP contribution is 2.23. The average Bonchev–Trinajstić information content (AvgIpc) is 2.93. The predicted molar refractivity (Wildman–Crippen MR) is 87.1 cm³/mol. The van der Waals surface area contributed by atoms with Gasteiger partial charge >= 0.3 is 5.97 Å². The van der Waals surface area contributed by atoms with Gasteiger partial charge in [-0.1, -0.05) is 6.07 Å². The summed E-state index contributed by atoms with van der Waals surface area (Å²) in [5, 5.41) is 28.6. The van der Waals surface area contributed by atoms with Crippen LogP contribution in [-0.4, -0.2) is 35.6 Å². The number of benzene rings is 1. The molecule has 0 saturated carbocycles. The Morgan fingerprint density at radius 1 is 1.36 bits per heavy atom. The van der Waals surface area contributed by atoms with Crippen molar-refractivity contribution in [2.75, 3.05) is 0 Å². The second kappa shape index (κ2) is 5.82. The lowest BCUT2D eigenvalue weighted by molar-refractivity contribution is -0.384. The molecule has 1 aromatic carbocycles. The maximum Gasteiger partial charge on any atom is 0.357 e. The fourth-order valence-electron chi connectivity index (χ4n) is 2.63. The molecule has 0 saturated heterocycles. The molecule has 0 aliphatic rings. The number of non-ortho nitro benzene ring substituents is 1. The third kappa shape index (κ3) is 2.53. The number of nitrogens with zero attached hydrogens (tertiary/aromatic N) is 5. The summed E-state index contributed by atoms with van der Waals surface area (Å²) in [4.78, 5) is 34.4. The molecule has 10 heteroatoms. The Balaban J connectivity index is 2.38. The van der Waals surface area contributed by atoms with Crippen molar-refractivity contribution in [2.45, 2.75) is 20.4 Å². The third-order valence-corrected chi connectivity index (χ3v) is 3.80. The van der Waals surface area contributed by atoms with Crippen molar-refractivity contribution in [1.82, 2.24) is 19.6 Å². The van der Waals surface area contributed by atoms with E-state index >= 15 is 0 Å². The molecule has 3 aromatic rings. The second-order valence-corrected chi connectivity index (χ2v) is 5.27. The Kier molecular flexibility index (Phi) is 3.79. The van der Waals surface area contributed by atoms with E-state index in [-0.39, 0.29) is 28.8 Å². The first-order valence-electron chi connectivity index (χ1n) is 7.33. The van der Waals surface area contributed by atoms with Crippen LogP contribution >= 0.6 is 0 Å². The smallest absolute Gasteiger partial charge is 0.357 e. The molecule has 0 radical (unpaired) electrons. The van der Waals surface area contributed by atoms with Crippen molar-refractivity contribution in [3.63, 3.8) is 0 Å². The number of nitro benzene ring substituents is 1. The Hall–Kier alpha value is -3.56. The number of fused-ring (bicyclic) bond motifs is 1. The fourth-order valence-corrected chi connectivity index (χ4v) is 2.63. The van der Waals surface area contributed by atoms with Crippen molar-refractivity contribution in [1.29, 1.82) is 0 Å². The molecule has 0 unspecified atom stereocenters. The molecule has 128 valence electrons. The van der Waals surface area contributed by atoms with Gasteiger partial charge in [-0.2, -0.15) is 10.2 Å². The van der Waals surface area contributed by atoms with E-state index in [1.54, 1.807) is 19.9 Å². The number of carboxylic acids is 1. The summed E-state index contributed by atoms with van der Waals surface area (Å²) >= 11 is 0. The minimum absolute atomic E-state index is 0.0433. The van der Waals surface area contributed by atoms with Crippen LogP contribution < -0.4 is 5.56 Å². The number of aromatic nitrogens is 4. The van der Waals surface area contributed by atoms with Gasteiger partial charge < -0.3 is 5.11 Å². The van der Waals surface area contributed by atoms with Gasteiger partial charge in [-0.3, -0.25) is 14.9 Å². The number of hydrogen-bond donors (Lipinski definition) is 1. The highest BCUT2D eigenvalue weighted by molar-refractivity contribution is 6.01. The van der Waals surface area contributed by atoms with Crippen LogP contribution in [0.1, 0.15) is 23.1 Å². The molecular weight excluding hydrogens is 330 g/mol. The van der Waals surface area contributed by atoms with Gasteiger partial charge in [-0.05, 0) is 19.9 Å². The normalized spacial score (nSPS) is 11.0. The molecule has 1 N–H and O–H groups in total. The van der Waals surface area contributed by atoms with Gasteiger partial charge in [-0.25, -0.2) is 14.2 Å². The van der Waals surface area contributed by atoms with Crippen LogP contribution in [0.3, 0.4) is 0 Å². The minimum Gasteiger partial charge on any atom is -0.476 e. The molecule has 0 aliphatic heterocycles. The van der Waals surface area contributed by atoms with Crippen molar-refractivity contribution in [2.24, 2.45) is 0 Å². The summed E-state index contributed by atoms with van der Waals surface area (Å²) in [6.07, 6.45) is 0. The molecule has 0 amide bonds. The number of hydrogen-bond acceptors (Lipinski definition) is 6. The van der Waals surface area contributed by atoms with Crippen LogP contribution in [-0.2, 0) is 6.54 Å². The topological polar surface area (TPSA) is 133 Å². The number of carboxylic acid groups (broad SMARTS) is 1. The van der Waals surface area contributed by atoms with Gasteiger partial charge in [0.15, 0.2) is 11.2 Å². The van der Waals surface area contributed by atoms with Gasteiger partial charge in [-0.15, -0.1) is 0 Å². The number of aromatic carboxylic acids is 1. The minimum atomic E-state index is -1.28. The summed E-state index contributed by atoms with van der Waals surface area (Å²) in [6, 6.07) is 5.69. The fraction of sp³-hybridized carbons (Fsp3) is 0.200. The van der Waals surface area contributed by atoms with E-state index in [1.165, 1.54) is 22.9 Å². The van der Waals surface area contributed by atoms with Crippen LogP contribution in [0.4, 0.5) is 5.69 Å². The zero-order valence-corrected chi connectivity index (χ0v) is 13.3. The van der Waals surface area contributed by atoms with E-state index in [1.807, 2.05) is 0 Å². The highest BCUT2D eigenvalue weighted by Gasteiger charge is 2.23. The molecule has 0 bridgehead atoms. The van der Waals surface area contributed by atoms with Crippen molar-refractivity contribution in [3.05, 3.63) is 56.1 Å². The van der Waals surface area contributed by atoms with E-state index in [2.05, 4.69) is 10.2 Å². The summed E-state index contributed by atoms with van der Waals surface area (Å²) in [7, 11) is 0. The first-order chi connectivity index (χ1) is 11.8. The number of nitro groups is 1. The SMILES string of the molecule is CCn1nc(C(=O)O)c2c(C)n(-c3cccc([N+](=O)[O-])c3)nc2c1=O. The standard InChI is InChI=1S/C15H13N5O5/c1-3-18-14(21)12-11(13(16-18)15(22)23)8(2)19(17-12)9-5-4-6-10(7-9)20(24)25/h4-7H,3H2,1-2H3,(H,22,23). The van der Waals surface area contributed by atoms with Crippen molar-refractivity contribution in [3.8, 4) is 5.69 Å². The van der Waals surface area contributed by atoms with Gasteiger partial charge in [0.05, 0.1) is 21.7 Å². The van der Waals surface area contributed by atoms with Crippen molar-refractivity contribution < 1.29 is 14.8 Å². The average molecular weight is 343 g/mol. The molecule has 0 aliphatic carbocycles. The van der Waals surface area contributed by atoms with E-state index in [0.29, 0.717) is 11.4 Å². The molecule has 3 rings (SSSR count). The van der Waals surface area contributed by atoms with E-state index in [9.17, 15) is 24.8 Å². The Morgan fingerprint density at radius 3 is 2.68 bits per heavy atom. The molecule has 0 atom stereocenters. The molecule has 10 nitrogen and oxygen atoms in total. The summed E-state index contributed by atoms with van der Waals surface area (Å²) in [5.74, 6) is -1.28.